The van der Waals surface area contributed by atoms with Crippen molar-refractivity contribution in [2.45, 2.75) is 19.9 Å². The van der Waals surface area contributed by atoms with Crippen molar-refractivity contribution in [2.24, 2.45) is 0 Å². The predicted octanol–water partition coefficient (Wildman–Crippen LogP) is 2.39. The Hall–Kier alpha value is -3.33. The summed E-state index contributed by atoms with van der Waals surface area (Å²) in [5.41, 5.74) is 2.13. The van der Waals surface area contributed by atoms with Crippen LogP contribution in [0.1, 0.15) is 22.8 Å². The number of hydroxylamine groups is 1. The number of hydrogen-bond donors (Lipinski definition) is 0. The Morgan fingerprint density at radius 2 is 1.97 bits per heavy atom. The third-order valence-corrected chi connectivity index (χ3v) is 4.79. The molecule has 0 aliphatic carbocycles. The molecule has 150 valence electrons. The zero-order valence-electron chi connectivity index (χ0n) is 16.2. The lowest BCUT2D eigenvalue weighted by Gasteiger charge is -2.26. The van der Waals surface area contributed by atoms with Crippen LogP contribution in [0.25, 0.3) is 5.69 Å². The summed E-state index contributed by atoms with van der Waals surface area (Å²) in [6.45, 7) is 5.01. The Morgan fingerprint density at radius 3 is 2.69 bits per heavy atom. The maximum absolute atomic E-state index is 13.4. The van der Waals surface area contributed by atoms with Crippen LogP contribution in [0.5, 0.6) is 0 Å². The van der Waals surface area contributed by atoms with Gasteiger partial charge in [0.15, 0.2) is 5.82 Å². The highest BCUT2D eigenvalue weighted by molar-refractivity contribution is 5.98. The average molecular weight is 396 g/mol. The number of aromatic nitrogens is 4. The first kappa shape index (κ1) is 19.0. The smallest absolute Gasteiger partial charge is 0.256 e. The number of halogens is 1. The number of carbonyl (C=O) groups is 1. The van der Waals surface area contributed by atoms with Gasteiger partial charge in [-0.2, -0.15) is 15.0 Å². The lowest BCUT2D eigenvalue weighted by molar-refractivity contribution is 0.0599. The van der Waals surface area contributed by atoms with E-state index in [2.05, 4.69) is 15.2 Å². The van der Waals surface area contributed by atoms with Crippen molar-refractivity contribution < 1.29 is 14.0 Å². The van der Waals surface area contributed by atoms with Crippen LogP contribution in [0.3, 0.4) is 0 Å². The normalized spacial score (nSPS) is 17.3. The monoisotopic (exact) mass is 396 g/mol. The zero-order chi connectivity index (χ0) is 20.4. The summed E-state index contributed by atoms with van der Waals surface area (Å²) in [4.78, 5) is 26.5. The summed E-state index contributed by atoms with van der Waals surface area (Å²) >= 11 is 0. The van der Waals surface area contributed by atoms with E-state index in [4.69, 9.17) is 4.84 Å². The van der Waals surface area contributed by atoms with Crippen molar-refractivity contribution in [1.82, 2.24) is 24.9 Å². The summed E-state index contributed by atoms with van der Waals surface area (Å²) in [6.07, 6.45) is 4.29. The quantitative estimate of drug-likeness (QED) is 0.677. The Kier molecular flexibility index (Phi) is 5.22. The number of benzene rings is 1. The number of aryl methyl sites for hydroxylation is 1. The Balaban J connectivity index is 1.59. The van der Waals surface area contributed by atoms with Gasteiger partial charge in [-0.15, -0.1) is 0 Å². The molecular weight excluding hydrogens is 375 g/mol. The number of hydrogen-bond acceptors (Lipinski definition) is 6. The van der Waals surface area contributed by atoms with Crippen molar-refractivity contribution in [1.29, 1.82) is 0 Å². The van der Waals surface area contributed by atoms with Crippen molar-refractivity contribution in [3.8, 4) is 5.69 Å². The van der Waals surface area contributed by atoms with Gasteiger partial charge in [0.05, 0.1) is 49.0 Å². The third-order valence-electron chi connectivity index (χ3n) is 4.79. The number of carbonyl (C=O) groups excluding carboxylic acids is 1. The van der Waals surface area contributed by atoms with Crippen LogP contribution < -0.4 is 5.06 Å². The fourth-order valence-corrected chi connectivity index (χ4v) is 3.26. The lowest BCUT2D eigenvalue weighted by atomic mass is 10.1. The molecule has 1 saturated heterocycles. The van der Waals surface area contributed by atoms with E-state index in [0.717, 1.165) is 11.8 Å². The van der Waals surface area contributed by atoms with Crippen LogP contribution in [-0.4, -0.2) is 56.5 Å². The molecule has 0 bridgehead atoms. The van der Waals surface area contributed by atoms with E-state index in [-0.39, 0.29) is 11.9 Å². The second-order valence-corrected chi connectivity index (χ2v) is 6.92. The van der Waals surface area contributed by atoms with Gasteiger partial charge in [-0.05, 0) is 38.1 Å². The molecule has 0 N–H and O–H groups in total. The first-order chi connectivity index (χ1) is 14.0. The van der Waals surface area contributed by atoms with Crippen LogP contribution in [0.2, 0.25) is 0 Å². The highest BCUT2D eigenvalue weighted by Gasteiger charge is 2.29. The van der Waals surface area contributed by atoms with E-state index < -0.39 is 5.82 Å². The molecule has 1 aromatic carbocycles. The van der Waals surface area contributed by atoms with E-state index >= 15 is 0 Å². The maximum atomic E-state index is 13.4. The molecule has 9 heteroatoms. The molecule has 0 radical (unpaired) electrons. The van der Waals surface area contributed by atoms with E-state index in [1.807, 2.05) is 32.0 Å². The SMILES string of the molecule is Cc1ccc(-n2nccn2)c(C(=O)N2CCN(c3ccc(F)cn3)OC[C@H]2C)c1. The molecule has 1 aliphatic heterocycles. The average Bonchev–Trinajstić information content (AvgIpc) is 3.18. The highest BCUT2D eigenvalue weighted by Crippen LogP contribution is 2.21. The van der Waals surface area contributed by atoms with Crippen LogP contribution >= 0.6 is 0 Å². The molecule has 1 aliphatic rings. The minimum atomic E-state index is -0.409. The van der Waals surface area contributed by atoms with E-state index in [1.165, 1.54) is 10.9 Å². The largest absolute Gasteiger partial charge is 0.332 e. The summed E-state index contributed by atoms with van der Waals surface area (Å²) in [5, 5.41) is 9.92. The fraction of sp³-hybridized carbons (Fsp3) is 0.300. The van der Waals surface area contributed by atoms with E-state index in [0.29, 0.717) is 36.8 Å². The Morgan fingerprint density at radius 1 is 1.17 bits per heavy atom. The van der Waals surface area contributed by atoms with Gasteiger partial charge in [0.2, 0.25) is 0 Å². The molecule has 2 aromatic heterocycles. The number of amides is 1. The van der Waals surface area contributed by atoms with Gasteiger partial charge in [-0.3, -0.25) is 9.63 Å². The van der Waals surface area contributed by atoms with Gasteiger partial charge in [0, 0.05) is 6.54 Å². The van der Waals surface area contributed by atoms with Gasteiger partial charge in [0.25, 0.3) is 5.91 Å². The zero-order valence-corrected chi connectivity index (χ0v) is 16.2. The summed E-state index contributed by atoms with van der Waals surface area (Å²) in [7, 11) is 0. The minimum Gasteiger partial charge on any atom is -0.332 e. The Bertz CT molecular complexity index is 993. The molecular formula is C20H21FN6O2. The standard InChI is InChI=1S/C20H21FN6O2/c1-14-3-5-18(27-23-7-8-24-27)17(11-14)20(28)25-9-10-26(29-13-15(25)2)19-6-4-16(21)12-22-19/h3-8,11-12,15H,9-10,13H2,1-2H3/t15-/m1/s1. The van der Waals surface area contributed by atoms with Gasteiger partial charge >= 0.3 is 0 Å². The summed E-state index contributed by atoms with van der Waals surface area (Å²) in [5.74, 6) is -0.0242. The molecule has 1 atom stereocenters. The topological polar surface area (TPSA) is 76.4 Å². The number of nitrogens with zero attached hydrogens (tertiary/aromatic N) is 6. The maximum Gasteiger partial charge on any atom is 0.256 e. The number of anilines is 1. The molecule has 4 rings (SSSR count). The first-order valence-electron chi connectivity index (χ1n) is 9.33. The van der Waals surface area contributed by atoms with Crippen molar-refractivity contribution in [3.05, 3.63) is 65.9 Å². The van der Waals surface area contributed by atoms with Crippen LogP contribution in [0.4, 0.5) is 10.2 Å². The lowest BCUT2D eigenvalue weighted by Crippen LogP contribution is -2.41. The van der Waals surface area contributed by atoms with Crippen LogP contribution in [0, 0.1) is 12.7 Å². The molecule has 29 heavy (non-hydrogen) atoms. The van der Waals surface area contributed by atoms with Crippen molar-refractivity contribution in [2.75, 3.05) is 24.8 Å². The molecule has 8 nitrogen and oxygen atoms in total. The van der Waals surface area contributed by atoms with Gasteiger partial charge < -0.3 is 4.90 Å². The fourth-order valence-electron chi connectivity index (χ4n) is 3.26. The minimum absolute atomic E-state index is 0.119. The van der Waals surface area contributed by atoms with Crippen LogP contribution in [-0.2, 0) is 4.84 Å². The molecule has 0 spiro atoms. The molecule has 1 amide bonds. The summed E-state index contributed by atoms with van der Waals surface area (Å²) in [6, 6.07) is 8.34. The Labute approximate surface area is 167 Å². The molecule has 0 saturated carbocycles. The van der Waals surface area contributed by atoms with Gasteiger partial charge in [-0.1, -0.05) is 11.6 Å². The second-order valence-electron chi connectivity index (χ2n) is 6.92. The molecule has 3 aromatic rings. The first-order valence-corrected chi connectivity index (χ1v) is 9.33. The van der Waals surface area contributed by atoms with E-state index in [9.17, 15) is 9.18 Å². The number of pyridine rings is 1. The van der Waals surface area contributed by atoms with Crippen molar-refractivity contribution >= 4 is 11.7 Å². The summed E-state index contributed by atoms with van der Waals surface area (Å²) < 4.78 is 13.2. The van der Waals surface area contributed by atoms with E-state index in [1.54, 1.807) is 28.4 Å². The molecule has 0 unspecified atom stereocenters. The number of rotatable bonds is 3. The van der Waals surface area contributed by atoms with Gasteiger partial charge in [0.1, 0.15) is 5.82 Å². The molecule has 1 fully saturated rings. The highest BCUT2D eigenvalue weighted by atomic mass is 19.1. The van der Waals surface area contributed by atoms with Gasteiger partial charge in [-0.25, -0.2) is 14.4 Å². The second kappa shape index (κ2) is 7.96. The molecule has 3 heterocycles. The van der Waals surface area contributed by atoms with Crippen LogP contribution in [0.15, 0.2) is 48.9 Å². The predicted molar refractivity (Wildman–Crippen MR) is 104 cm³/mol. The van der Waals surface area contributed by atoms with Crippen molar-refractivity contribution in [3.63, 3.8) is 0 Å². The third kappa shape index (κ3) is 3.95.